The minimum absolute atomic E-state index is 0.0374. The molecule has 0 aromatic rings. The first-order valence-corrected chi connectivity index (χ1v) is 7.48. The lowest BCUT2D eigenvalue weighted by Gasteiger charge is -2.40. The van der Waals surface area contributed by atoms with Gasteiger partial charge >= 0.3 is 0 Å². The standard InChI is InChI=1S/C15H26N2O/c1-10(2)9-12-16-15(7-8-15)13(18)17(12)14(3,4)11-5-6-11/h10-12,16H,5-9H2,1-4H3. The molecule has 102 valence electrons. The third kappa shape index (κ3) is 1.78. The van der Waals surface area contributed by atoms with E-state index in [1.165, 1.54) is 12.8 Å². The highest BCUT2D eigenvalue weighted by atomic mass is 16.2. The van der Waals surface area contributed by atoms with E-state index in [9.17, 15) is 4.79 Å². The minimum atomic E-state index is -0.161. The molecular formula is C15H26N2O. The fourth-order valence-corrected chi connectivity index (χ4v) is 3.56. The third-order valence-corrected chi connectivity index (χ3v) is 5.02. The zero-order valence-corrected chi connectivity index (χ0v) is 12.1. The van der Waals surface area contributed by atoms with Gasteiger partial charge < -0.3 is 4.90 Å². The van der Waals surface area contributed by atoms with E-state index in [0.29, 0.717) is 17.7 Å². The maximum absolute atomic E-state index is 12.7. The van der Waals surface area contributed by atoms with Gasteiger partial charge in [-0.2, -0.15) is 0 Å². The Balaban J connectivity index is 1.85. The molecule has 1 saturated heterocycles. The molecule has 1 atom stereocenters. The maximum atomic E-state index is 12.7. The van der Waals surface area contributed by atoms with Crippen molar-refractivity contribution in [3.8, 4) is 0 Å². The molecule has 1 amide bonds. The number of carbonyl (C=O) groups is 1. The van der Waals surface area contributed by atoms with Gasteiger partial charge in [0.15, 0.2) is 0 Å². The summed E-state index contributed by atoms with van der Waals surface area (Å²) in [7, 11) is 0. The minimum Gasteiger partial charge on any atom is -0.320 e. The monoisotopic (exact) mass is 250 g/mol. The number of amides is 1. The Labute approximate surface area is 110 Å². The van der Waals surface area contributed by atoms with Gasteiger partial charge in [-0.3, -0.25) is 10.1 Å². The predicted octanol–water partition coefficient (Wildman–Crippen LogP) is 2.51. The van der Waals surface area contributed by atoms with Gasteiger partial charge in [-0.05, 0) is 57.8 Å². The van der Waals surface area contributed by atoms with E-state index >= 15 is 0 Å². The first-order valence-electron chi connectivity index (χ1n) is 7.48. The maximum Gasteiger partial charge on any atom is 0.244 e. The number of hydrogen-bond donors (Lipinski definition) is 1. The fraction of sp³-hybridized carbons (Fsp3) is 0.933. The van der Waals surface area contributed by atoms with Crippen LogP contribution in [0.3, 0.4) is 0 Å². The van der Waals surface area contributed by atoms with Gasteiger partial charge in [0.05, 0.1) is 11.7 Å². The van der Waals surface area contributed by atoms with E-state index in [0.717, 1.165) is 19.3 Å². The number of hydrogen-bond acceptors (Lipinski definition) is 2. The van der Waals surface area contributed by atoms with Crippen molar-refractivity contribution in [3.05, 3.63) is 0 Å². The van der Waals surface area contributed by atoms with E-state index in [-0.39, 0.29) is 17.2 Å². The van der Waals surface area contributed by atoms with Crippen molar-refractivity contribution in [1.82, 2.24) is 10.2 Å². The quantitative estimate of drug-likeness (QED) is 0.831. The summed E-state index contributed by atoms with van der Waals surface area (Å²) in [4.78, 5) is 14.9. The lowest BCUT2D eigenvalue weighted by atomic mass is 9.94. The van der Waals surface area contributed by atoms with Crippen molar-refractivity contribution >= 4 is 5.91 Å². The normalized spacial score (nSPS) is 30.6. The first kappa shape index (κ1) is 12.5. The molecule has 1 spiro atoms. The van der Waals surface area contributed by atoms with Crippen LogP contribution in [0.1, 0.15) is 59.8 Å². The summed E-state index contributed by atoms with van der Waals surface area (Å²) in [6.45, 7) is 9.01. The molecule has 18 heavy (non-hydrogen) atoms. The number of carbonyl (C=O) groups excluding carboxylic acids is 1. The zero-order valence-electron chi connectivity index (χ0n) is 12.1. The van der Waals surface area contributed by atoms with Crippen LogP contribution in [-0.4, -0.2) is 28.1 Å². The highest BCUT2D eigenvalue weighted by Gasteiger charge is 2.63. The number of nitrogens with zero attached hydrogens (tertiary/aromatic N) is 1. The van der Waals surface area contributed by atoms with Crippen LogP contribution in [0.15, 0.2) is 0 Å². The summed E-state index contributed by atoms with van der Waals surface area (Å²) in [6, 6.07) is 0. The van der Waals surface area contributed by atoms with E-state index in [4.69, 9.17) is 0 Å². The molecule has 3 nitrogen and oxygen atoms in total. The van der Waals surface area contributed by atoms with Crippen LogP contribution in [0.2, 0.25) is 0 Å². The fourth-order valence-electron chi connectivity index (χ4n) is 3.56. The Morgan fingerprint density at radius 1 is 1.39 bits per heavy atom. The van der Waals surface area contributed by atoms with E-state index in [1.807, 2.05) is 0 Å². The third-order valence-electron chi connectivity index (χ3n) is 5.02. The van der Waals surface area contributed by atoms with Crippen LogP contribution in [0.25, 0.3) is 0 Å². The van der Waals surface area contributed by atoms with Gasteiger partial charge in [0.25, 0.3) is 0 Å². The predicted molar refractivity (Wildman–Crippen MR) is 72.0 cm³/mol. The van der Waals surface area contributed by atoms with Gasteiger partial charge in [0, 0.05) is 5.54 Å². The second kappa shape index (κ2) is 3.72. The smallest absolute Gasteiger partial charge is 0.244 e. The van der Waals surface area contributed by atoms with E-state index in [1.54, 1.807) is 0 Å². The van der Waals surface area contributed by atoms with Gasteiger partial charge in [0.2, 0.25) is 5.91 Å². The number of nitrogens with one attached hydrogen (secondary N) is 1. The highest BCUT2D eigenvalue weighted by Crippen LogP contribution is 2.50. The topological polar surface area (TPSA) is 32.3 Å². The zero-order chi connectivity index (χ0) is 13.1. The second-order valence-corrected chi connectivity index (χ2v) is 7.47. The van der Waals surface area contributed by atoms with Crippen LogP contribution in [0.4, 0.5) is 0 Å². The summed E-state index contributed by atoms with van der Waals surface area (Å²) < 4.78 is 0. The van der Waals surface area contributed by atoms with Gasteiger partial charge in [0.1, 0.15) is 0 Å². The van der Waals surface area contributed by atoms with Crippen molar-refractivity contribution in [3.63, 3.8) is 0 Å². The molecule has 0 bridgehead atoms. The molecule has 1 aliphatic heterocycles. The average molecular weight is 250 g/mol. The molecule has 3 fully saturated rings. The van der Waals surface area contributed by atoms with Crippen molar-refractivity contribution in [2.75, 3.05) is 0 Å². The van der Waals surface area contributed by atoms with Gasteiger partial charge in [-0.15, -0.1) is 0 Å². The SMILES string of the molecule is CC(C)CC1NC2(CC2)C(=O)N1C(C)(C)C1CC1. The lowest BCUT2D eigenvalue weighted by Crippen LogP contribution is -2.52. The second-order valence-electron chi connectivity index (χ2n) is 7.47. The Morgan fingerprint density at radius 3 is 2.44 bits per heavy atom. The summed E-state index contributed by atoms with van der Waals surface area (Å²) in [6.07, 6.45) is 5.99. The molecular weight excluding hydrogens is 224 g/mol. The molecule has 2 saturated carbocycles. The Bertz CT molecular complexity index is 367. The van der Waals surface area contributed by atoms with Crippen LogP contribution < -0.4 is 5.32 Å². The summed E-state index contributed by atoms with van der Waals surface area (Å²) in [5.41, 5.74) is -0.124. The summed E-state index contributed by atoms with van der Waals surface area (Å²) >= 11 is 0. The summed E-state index contributed by atoms with van der Waals surface area (Å²) in [5.74, 6) is 1.72. The van der Waals surface area contributed by atoms with Gasteiger partial charge in [-0.1, -0.05) is 13.8 Å². The molecule has 0 radical (unpaired) electrons. The summed E-state index contributed by atoms with van der Waals surface area (Å²) in [5, 5.41) is 3.64. The molecule has 1 heterocycles. The van der Waals surface area contributed by atoms with Crippen LogP contribution in [0.5, 0.6) is 0 Å². The molecule has 2 aliphatic carbocycles. The van der Waals surface area contributed by atoms with Crippen molar-refractivity contribution in [2.45, 2.75) is 77.0 Å². The van der Waals surface area contributed by atoms with Gasteiger partial charge in [-0.25, -0.2) is 0 Å². The van der Waals surface area contributed by atoms with Crippen molar-refractivity contribution < 1.29 is 4.79 Å². The van der Waals surface area contributed by atoms with Crippen molar-refractivity contribution in [1.29, 1.82) is 0 Å². The van der Waals surface area contributed by atoms with Crippen LogP contribution in [0, 0.1) is 11.8 Å². The molecule has 0 aromatic heterocycles. The van der Waals surface area contributed by atoms with E-state index < -0.39 is 0 Å². The highest BCUT2D eigenvalue weighted by molar-refractivity contribution is 5.92. The van der Waals surface area contributed by atoms with Crippen LogP contribution in [-0.2, 0) is 4.79 Å². The number of rotatable bonds is 4. The first-order chi connectivity index (χ1) is 8.37. The van der Waals surface area contributed by atoms with E-state index in [2.05, 4.69) is 37.9 Å². The molecule has 3 aliphatic rings. The molecule has 0 aromatic carbocycles. The molecule has 3 rings (SSSR count). The largest absolute Gasteiger partial charge is 0.320 e. The Hall–Kier alpha value is -0.570. The molecule has 1 N–H and O–H groups in total. The Kier molecular flexibility index (Phi) is 2.58. The van der Waals surface area contributed by atoms with Crippen LogP contribution >= 0.6 is 0 Å². The van der Waals surface area contributed by atoms with Crippen molar-refractivity contribution in [2.24, 2.45) is 11.8 Å². The lowest BCUT2D eigenvalue weighted by molar-refractivity contribution is -0.137. The average Bonchev–Trinajstić information content (AvgIpc) is 3.10. The Morgan fingerprint density at radius 2 is 2.00 bits per heavy atom. The molecule has 1 unspecified atom stereocenters. The molecule has 3 heteroatoms.